The molecule has 1 N–H and O–H groups in total. The van der Waals surface area contributed by atoms with Crippen LogP contribution in [0.25, 0.3) is 0 Å². The Morgan fingerprint density at radius 2 is 1.96 bits per heavy atom. The van der Waals surface area contributed by atoms with Crippen LogP contribution in [0.2, 0.25) is 0 Å². The van der Waals surface area contributed by atoms with Gasteiger partial charge in [-0.05, 0) is 63.3 Å². The minimum atomic E-state index is -0.453. The van der Waals surface area contributed by atoms with Crippen LogP contribution in [-0.2, 0) is 23.2 Å². The molecule has 0 radical (unpaired) electrons. The van der Waals surface area contributed by atoms with Crippen molar-refractivity contribution in [2.75, 3.05) is 6.54 Å². The van der Waals surface area contributed by atoms with Crippen LogP contribution in [0.15, 0.2) is 24.3 Å². The van der Waals surface area contributed by atoms with Crippen LogP contribution >= 0.6 is 0 Å². The number of aryl methyl sites for hydroxylation is 2. The van der Waals surface area contributed by atoms with Crippen molar-refractivity contribution in [1.29, 1.82) is 0 Å². The second kappa shape index (κ2) is 6.38. The van der Waals surface area contributed by atoms with Crippen molar-refractivity contribution in [2.45, 2.75) is 52.0 Å². The Morgan fingerprint density at radius 1 is 1.29 bits per heavy atom. The first-order chi connectivity index (χ1) is 11.5. The summed E-state index contributed by atoms with van der Waals surface area (Å²) < 4.78 is 15.1. The normalized spacial score (nSPS) is 15.3. The standard InChI is InChI=1S/C19H24FN3O/c1-4-23-14(3)17(13(2)22-23)9-12-21-18(24)19(10-11-19)15-5-7-16(20)8-6-15/h5-8H,4,9-12H2,1-3H3,(H,21,24). The summed E-state index contributed by atoms with van der Waals surface area (Å²) in [7, 11) is 0. The number of benzene rings is 1. The smallest absolute Gasteiger partial charge is 0.230 e. The first kappa shape index (κ1) is 16.7. The zero-order chi connectivity index (χ0) is 17.3. The minimum absolute atomic E-state index is 0.0484. The van der Waals surface area contributed by atoms with Gasteiger partial charge >= 0.3 is 0 Å². The second-order valence-corrected chi connectivity index (χ2v) is 6.56. The molecule has 0 unspecified atom stereocenters. The molecule has 1 fully saturated rings. The summed E-state index contributed by atoms with van der Waals surface area (Å²) in [4.78, 5) is 12.6. The predicted molar refractivity (Wildman–Crippen MR) is 91.4 cm³/mol. The van der Waals surface area contributed by atoms with Crippen LogP contribution in [-0.4, -0.2) is 22.2 Å². The van der Waals surface area contributed by atoms with Gasteiger partial charge in [0.2, 0.25) is 5.91 Å². The highest BCUT2D eigenvalue weighted by Crippen LogP contribution is 2.48. The van der Waals surface area contributed by atoms with E-state index < -0.39 is 5.41 Å². The quantitative estimate of drug-likeness (QED) is 0.885. The van der Waals surface area contributed by atoms with Gasteiger partial charge in [-0.15, -0.1) is 0 Å². The molecule has 1 aliphatic rings. The fraction of sp³-hybridized carbons (Fsp3) is 0.474. The average molecular weight is 329 g/mol. The molecule has 1 amide bonds. The first-order valence-corrected chi connectivity index (χ1v) is 8.55. The summed E-state index contributed by atoms with van der Waals surface area (Å²) in [5, 5.41) is 7.57. The molecular weight excluding hydrogens is 305 g/mol. The van der Waals surface area contributed by atoms with Crippen molar-refractivity contribution in [3.05, 3.63) is 52.6 Å². The number of hydrogen-bond donors (Lipinski definition) is 1. The van der Waals surface area contributed by atoms with Gasteiger partial charge in [0.05, 0.1) is 11.1 Å². The Morgan fingerprint density at radius 3 is 2.50 bits per heavy atom. The van der Waals surface area contributed by atoms with Crippen LogP contribution in [0.3, 0.4) is 0 Å². The Bertz CT molecular complexity index is 745. The lowest BCUT2D eigenvalue weighted by Gasteiger charge is -2.16. The first-order valence-electron chi connectivity index (χ1n) is 8.55. The molecule has 0 bridgehead atoms. The molecule has 0 saturated heterocycles. The summed E-state index contributed by atoms with van der Waals surface area (Å²) in [6.07, 6.45) is 2.44. The van der Waals surface area contributed by atoms with Crippen molar-refractivity contribution in [3.63, 3.8) is 0 Å². The van der Waals surface area contributed by atoms with Gasteiger partial charge in [0, 0.05) is 18.8 Å². The highest BCUT2D eigenvalue weighted by molar-refractivity contribution is 5.91. The van der Waals surface area contributed by atoms with Crippen molar-refractivity contribution in [1.82, 2.24) is 15.1 Å². The SMILES string of the molecule is CCn1nc(C)c(CCNC(=O)C2(c3ccc(F)cc3)CC2)c1C. The molecule has 2 aromatic rings. The average Bonchev–Trinajstić information content (AvgIpc) is 3.33. The van der Waals surface area contributed by atoms with E-state index >= 15 is 0 Å². The molecule has 1 aromatic heterocycles. The van der Waals surface area contributed by atoms with Gasteiger partial charge in [-0.2, -0.15) is 5.10 Å². The van der Waals surface area contributed by atoms with Crippen LogP contribution in [0.5, 0.6) is 0 Å². The highest BCUT2D eigenvalue weighted by atomic mass is 19.1. The summed E-state index contributed by atoms with van der Waals surface area (Å²) in [6, 6.07) is 6.30. The largest absolute Gasteiger partial charge is 0.355 e. The summed E-state index contributed by atoms with van der Waals surface area (Å²) in [6.45, 7) is 7.61. The third-order valence-electron chi connectivity index (χ3n) is 5.07. The molecule has 128 valence electrons. The van der Waals surface area contributed by atoms with Crippen LogP contribution in [0, 0.1) is 19.7 Å². The molecule has 0 atom stereocenters. The fourth-order valence-corrected chi connectivity index (χ4v) is 3.41. The number of halogens is 1. The number of carbonyl (C=O) groups excluding carboxylic acids is 1. The fourth-order valence-electron chi connectivity index (χ4n) is 3.41. The van der Waals surface area contributed by atoms with Crippen molar-refractivity contribution < 1.29 is 9.18 Å². The van der Waals surface area contributed by atoms with Gasteiger partial charge < -0.3 is 5.32 Å². The lowest BCUT2D eigenvalue weighted by Crippen LogP contribution is -2.36. The zero-order valence-electron chi connectivity index (χ0n) is 14.5. The topological polar surface area (TPSA) is 46.9 Å². The third-order valence-corrected chi connectivity index (χ3v) is 5.07. The number of hydrogen-bond acceptors (Lipinski definition) is 2. The number of rotatable bonds is 6. The van der Waals surface area contributed by atoms with E-state index in [1.165, 1.54) is 23.4 Å². The number of nitrogens with zero attached hydrogens (tertiary/aromatic N) is 2. The maximum absolute atomic E-state index is 13.1. The number of nitrogens with one attached hydrogen (secondary N) is 1. The molecule has 24 heavy (non-hydrogen) atoms. The second-order valence-electron chi connectivity index (χ2n) is 6.56. The summed E-state index contributed by atoms with van der Waals surface area (Å²) in [5.74, 6) is -0.221. The molecule has 5 heteroatoms. The lowest BCUT2D eigenvalue weighted by atomic mass is 9.95. The van der Waals surface area contributed by atoms with E-state index in [1.807, 2.05) is 11.6 Å². The van der Waals surface area contributed by atoms with E-state index in [4.69, 9.17) is 0 Å². The van der Waals surface area contributed by atoms with Gasteiger partial charge in [-0.1, -0.05) is 12.1 Å². The molecule has 1 aromatic carbocycles. The van der Waals surface area contributed by atoms with E-state index in [1.54, 1.807) is 12.1 Å². The maximum Gasteiger partial charge on any atom is 0.230 e. The van der Waals surface area contributed by atoms with Crippen LogP contribution in [0.1, 0.15) is 42.3 Å². The van der Waals surface area contributed by atoms with Gasteiger partial charge in [-0.3, -0.25) is 9.48 Å². The Kier molecular flexibility index (Phi) is 4.43. The number of carbonyl (C=O) groups is 1. The number of aromatic nitrogens is 2. The van der Waals surface area contributed by atoms with Gasteiger partial charge in [0.25, 0.3) is 0 Å². The zero-order valence-corrected chi connectivity index (χ0v) is 14.5. The van der Waals surface area contributed by atoms with Gasteiger partial charge in [0.15, 0.2) is 0 Å². The molecule has 0 aliphatic heterocycles. The molecule has 1 aliphatic carbocycles. The Hall–Kier alpha value is -2.17. The summed E-state index contributed by atoms with van der Waals surface area (Å²) >= 11 is 0. The predicted octanol–water partition coefficient (Wildman–Crippen LogP) is 3.05. The lowest BCUT2D eigenvalue weighted by molar-refractivity contribution is -0.123. The van der Waals surface area contributed by atoms with Crippen LogP contribution < -0.4 is 5.32 Å². The van der Waals surface area contributed by atoms with E-state index in [0.29, 0.717) is 6.54 Å². The molecular formula is C19H24FN3O. The van der Waals surface area contributed by atoms with Crippen molar-refractivity contribution >= 4 is 5.91 Å². The molecule has 1 heterocycles. The van der Waals surface area contributed by atoms with E-state index in [0.717, 1.165) is 37.1 Å². The monoisotopic (exact) mass is 329 g/mol. The molecule has 3 rings (SSSR count). The van der Waals surface area contributed by atoms with Crippen LogP contribution in [0.4, 0.5) is 4.39 Å². The molecule has 0 spiro atoms. The Labute approximate surface area is 142 Å². The number of amides is 1. The van der Waals surface area contributed by atoms with E-state index in [9.17, 15) is 9.18 Å². The Balaban J connectivity index is 1.62. The molecule has 4 nitrogen and oxygen atoms in total. The minimum Gasteiger partial charge on any atom is -0.355 e. The van der Waals surface area contributed by atoms with Gasteiger partial charge in [0.1, 0.15) is 5.82 Å². The van der Waals surface area contributed by atoms with E-state index in [-0.39, 0.29) is 11.7 Å². The van der Waals surface area contributed by atoms with Crippen molar-refractivity contribution in [3.8, 4) is 0 Å². The van der Waals surface area contributed by atoms with Crippen molar-refractivity contribution in [2.24, 2.45) is 0 Å². The maximum atomic E-state index is 13.1. The van der Waals surface area contributed by atoms with Gasteiger partial charge in [-0.25, -0.2) is 4.39 Å². The third kappa shape index (κ3) is 2.95. The molecule has 1 saturated carbocycles. The van der Waals surface area contributed by atoms with E-state index in [2.05, 4.69) is 24.3 Å². The summed E-state index contributed by atoms with van der Waals surface area (Å²) in [5.41, 5.74) is 3.87. The highest BCUT2D eigenvalue weighted by Gasteiger charge is 2.51.